The summed E-state index contributed by atoms with van der Waals surface area (Å²) in [5.74, 6) is 1.23. The molecular weight excluding hydrogens is 470 g/mol. The van der Waals surface area contributed by atoms with Gasteiger partial charge >= 0.3 is 0 Å². The van der Waals surface area contributed by atoms with Gasteiger partial charge in [-0.1, -0.05) is 39.7 Å². The normalized spacial score (nSPS) is 30.7. The van der Waals surface area contributed by atoms with Crippen molar-refractivity contribution in [3.05, 3.63) is 29.3 Å². The number of nitrogens with zero attached hydrogens (tertiary/aromatic N) is 1. The van der Waals surface area contributed by atoms with Crippen LogP contribution in [0.15, 0.2) is 23.1 Å². The third kappa shape index (κ3) is 4.51. The van der Waals surface area contributed by atoms with Crippen molar-refractivity contribution in [3.63, 3.8) is 0 Å². The Morgan fingerprint density at radius 1 is 1.08 bits per heavy atom. The number of nitrogens with one attached hydrogen (secondary N) is 2. The largest absolute Gasteiger partial charge is 0.322 e. The van der Waals surface area contributed by atoms with Crippen LogP contribution < -0.4 is 10.6 Å². The van der Waals surface area contributed by atoms with Crippen LogP contribution in [0.4, 0.5) is 0 Å². The number of rotatable bonds is 10. The van der Waals surface area contributed by atoms with Gasteiger partial charge in [0.2, 0.25) is 11.8 Å². The number of carbonyl (C=O) groups is 3. The molecule has 2 aliphatic heterocycles. The molecular formula is C29H41N3O3S. The molecule has 3 fully saturated rings. The molecule has 7 heteroatoms. The average molecular weight is 512 g/mol. The maximum atomic E-state index is 13.0. The second-order valence-electron chi connectivity index (χ2n) is 12.1. The highest BCUT2D eigenvalue weighted by atomic mass is 32.2. The molecule has 1 aromatic rings. The minimum atomic E-state index is -0.554. The molecule has 5 rings (SSSR count). The fourth-order valence-electron chi connectivity index (χ4n) is 7.24. The maximum absolute atomic E-state index is 13.0. The lowest BCUT2D eigenvalue weighted by Crippen LogP contribution is -2.52. The van der Waals surface area contributed by atoms with Gasteiger partial charge in [-0.05, 0) is 85.3 Å². The summed E-state index contributed by atoms with van der Waals surface area (Å²) in [5.41, 5.74) is 2.67. The number of hydrogen-bond donors (Lipinski definition) is 2. The minimum absolute atomic E-state index is 0.0952. The molecule has 1 saturated heterocycles. The number of benzene rings is 1. The number of fused-ring (bicyclic) bond motifs is 3. The molecule has 2 heterocycles. The van der Waals surface area contributed by atoms with E-state index in [0.717, 1.165) is 35.1 Å². The Kier molecular flexibility index (Phi) is 7.25. The quantitative estimate of drug-likeness (QED) is 0.265. The molecule has 36 heavy (non-hydrogen) atoms. The van der Waals surface area contributed by atoms with Gasteiger partial charge in [-0.3, -0.25) is 19.7 Å². The van der Waals surface area contributed by atoms with Crippen LogP contribution in [-0.2, 0) is 16.1 Å². The van der Waals surface area contributed by atoms with E-state index in [2.05, 4.69) is 37.5 Å². The topological polar surface area (TPSA) is 78.5 Å². The lowest BCUT2D eigenvalue weighted by molar-refractivity contribution is -0.136. The Morgan fingerprint density at radius 3 is 2.61 bits per heavy atom. The van der Waals surface area contributed by atoms with Gasteiger partial charge in [-0.15, -0.1) is 11.8 Å². The molecule has 1 aromatic carbocycles. The van der Waals surface area contributed by atoms with Crippen molar-refractivity contribution in [1.29, 1.82) is 0 Å². The number of amides is 3. The first-order valence-corrected chi connectivity index (χ1v) is 14.8. The van der Waals surface area contributed by atoms with E-state index < -0.39 is 6.04 Å². The number of carbonyl (C=O) groups excluding carboxylic acids is 3. The van der Waals surface area contributed by atoms with Crippen LogP contribution in [0.25, 0.3) is 0 Å². The Hall–Kier alpha value is -1.86. The molecule has 0 radical (unpaired) electrons. The first-order chi connectivity index (χ1) is 17.2. The summed E-state index contributed by atoms with van der Waals surface area (Å²) >= 11 is 1.82. The average Bonchev–Trinajstić information content (AvgIpc) is 3.36. The molecule has 4 aliphatic rings. The molecule has 2 N–H and O–H groups in total. The van der Waals surface area contributed by atoms with E-state index in [1.165, 1.54) is 38.5 Å². The fraction of sp³-hybridized carbons (Fsp3) is 0.690. The van der Waals surface area contributed by atoms with Gasteiger partial charge in [-0.25, -0.2) is 0 Å². The van der Waals surface area contributed by atoms with E-state index in [4.69, 9.17) is 0 Å². The van der Waals surface area contributed by atoms with Gasteiger partial charge in [-0.2, -0.15) is 0 Å². The van der Waals surface area contributed by atoms with Gasteiger partial charge < -0.3 is 10.2 Å². The summed E-state index contributed by atoms with van der Waals surface area (Å²) in [7, 11) is 0. The lowest BCUT2D eigenvalue weighted by Gasteiger charge is -2.39. The van der Waals surface area contributed by atoms with Crippen LogP contribution in [0.1, 0.15) is 94.5 Å². The molecule has 0 aromatic heterocycles. The summed E-state index contributed by atoms with van der Waals surface area (Å²) in [5, 5.41) is 6.28. The van der Waals surface area contributed by atoms with Crippen LogP contribution >= 0.6 is 11.8 Å². The molecule has 2 bridgehead atoms. The molecule has 3 amide bonds. The smallest absolute Gasteiger partial charge is 0.255 e. The van der Waals surface area contributed by atoms with Crippen molar-refractivity contribution < 1.29 is 14.4 Å². The van der Waals surface area contributed by atoms with Crippen LogP contribution in [0.5, 0.6) is 0 Å². The maximum Gasteiger partial charge on any atom is 0.255 e. The monoisotopic (exact) mass is 511 g/mol. The Balaban J connectivity index is 1.03. The summed E-state index contributed by atoms with van der Waals surface area (Å²) < 4.78 is 0. The predicted molar refractivity (Wildman–Crippen MR) is 143 cm³/mol. The van der Waals surface area contributed by atoms with Gasteiger partial charge in [0.25, 0.3) is 5.91 Å². The zero-order valence-corrected chi connectivity index (χ0v) is 22.8. The van der Waals surface area contributed by atoms with Crippen LogP contribution in [-0.4, -0.2) is 47.0 Å². The molecule has 0 spiro atoms. The number of imide groups is 1. The minimum Gasteiger partial charge on any atom is -0.322 e. The SMILES string of the molecule is CC1(C)[C@@H]2CC[C@@]1(C)C(NCCCCCCSc1cccc3c1CN(C1CCC(=O)NC1=O)C3=O)C2. The van der Waals surface area contributed by atoms with E-state index in [1.807, 2.05) is 23.9 Å². The fourth-order valence-corrected chi connectivity index (χ4v) is 8.34. The summed E-state index contributed by atoms with van der Waals surface area (Å²) in [6.07, 6.45) is 9.69. The van der Waals surface area contributed by atoms with Crippen molar-refractivity contribution in [3.8, 4) is 0 Å². The van der Waals surface area contributed by atoms with Crippen molar-refractivity contribution >= 4 is 29.5 Å². The van der Waals surface area contributed by atoms with Crippen molar-refractivity contribution in [2.45, 2.75) is 102 Å². The highest BCUT2D eigenvalue weighted by Crippen LogP contribution is 2.65. The third-order valence-electron chi connectivity index (χ3n) is 10.1. The molecule has 2 saturated carbocycles. The molecule has 2 aliphatic carbocycles. The van der Waals surface area contributed by atoms with Gasteiger partial charge in [0, 0.05) is 29.5 Å². The van der Waals surface area contributed by atoms with Crippen LogP contribution in [0, 0.1) is 16.7 Å². The molecule has 4 atom stereocenters. The zero-order valence-electron chi connectivity index (χ0n) is 22.0. The van der Waals surface area contributed by atoms with Gasteiger partial charge in [0.1, 0.15) is 6.04 Å². The first kappa shape index (κ1) is 25.8. The van der Waals surface area contributed by atoms with Crippen molar-refractivity contribution in [1.82, 2.24) is 15.5 Å². The van der Waals surface area contributed by atoms with Gasteiger partial charge in [0.05, 0.1) is 0 Å². The third-order valence-corrected chi connectivity index (χ3v) is 11.2. The highest BCUT2D eigenvalue weighted by Gasteiger charge is 2.60. The van der Waals surface area contributed by atoms with Crippen molar-refractivity contribution in [2.24, 2.45) is 16.7 Å². The Bertz CT molecular complexity index is 1040. The van der Waals surface area contributed by atoms with E-state index in [0.29, 0.717) is 35.4 Å². The Morgan fingerprint density at radius 2 is 1.89 bits per heavy atom. The number of unbranched alkanes of at least 4 members (excludes halogenated alkanes) is 3. The van der Waals surface area contributed by atoms with Crippen LogP contribution in [0.3, 0.4) is 0 Å². The highest BCUT2D eigenvalue weighted by molar-refractivity contribution is 7.99. The second-order valence-corrected chi connectivity index (χ2v) is 13.2. The second kappa shape index (κ2) is 10.1. The van der Waals surface area contributed by atoms with E-state index in [1.54, 1.807) is 4.90 Å². The van der Waals surface area contributed by atoms with E-state index in [-0.39, 0.29) is 24.1 Å². The van der Waals surface area contributed by atoms with Crippen molar-refractivity contribution in [2.75, 3.05) is 12.3 Å². The molecule has 196 valence electrons. The van der Waals surface area contributed by atoms with E-state index in [9.17, 15) is 14.4 Å². The lowest BCUT2D eigenvalue weighted by atomic mass is 9.69. The molecule has 6 nitrogen and oxygen atoms in total. The van der Waals surface area contributed by atoms with Gasteiger partial charge in [0.15, 0.2) is 0 Å². The summed E-state index contributed by atoms with van der Waals surface area (Å²) in [6, 6.07) is 6.02. The van der Waals surface area contributed by atoms with E-state index >= 15 is 0 Å². The zero-order chi connectivity index (χ0) is 25.5. The first-order valence-electron chi connectivity index (χ1n) is 13.8. The Labute approximate surface area is 219 Å². The standard InChI is InChI=1S/C29H41N3O3S/c1-28(2)19-13-14-29(28,3)24(17-19)30-15-6-4-5-7-16-36-23-10-8-9-20-21(23)18-32(27(20)35)22-11-12-25(33)31-26(22)34/h8-10,19,22,24,30H,4-7,11-18H2,1-3H3,(H,31,33,34)/t19-,22?,24?,29+/m1/s1. The summed E-state index contributed by atoms with van der Waals surface area (Å²) in [4.78, 5) is 39.6. The number of piperidine rings is 1. The van der Waals surface area contributed by atoms with Crippen LogP contribution in [0.2, 0.25) is 0 Å². The number of thioether (sulfide) groups is 1. The predicted octanol–water partition coefficient (Wildman–Crippen LogP) is 4.90. The number of hydrogen-bond acceptors (Lipinski definition) is 5. The molecule has 2 unspecified atom stereocenters. The summed E-state index contributed by atoms with van der Waals surface area (Å²) in [6.45, 7) is 9.05.